The summed E-state index contributed by atoms with van der Waals surface area (Å²) in [5.41, 5.74) is 9.19. The van der Waals surface area contributed by atoms with Crippen molar-refractivity contribution < 1.29 is 8.42 Å². The Morgan fingerprint density at radius 3 is 2.86 bits per heavy atom. The van der Waals surface area contributed by atoms with E-state index in [0.29, 0.717) is 12.2 Å². The quantitative estimate of drug-likeness (QED) is 0.750. The van der Waals surface area contributed by atoms with Crippen molar-refractivity contribution in [1.82, 2.24) is 9.78 Å². The molecule has 1 saturated heterocycles. The van der Waals surface area contributed by atoms with Gasteiger partial charge in [-0.05, 0) is 41.5 Å². The second kappa shape index (κ2) is 5.54. The van der Waals surface area contributed by atoms with Crippen LogP contribution >= 0.6 is 33.9 Å². The lowest BCUT2D eigenvalue weighted by molar-refractivity contribution is 0.508. The van der Waals surface area contributed by atoms with Crippen molar-refractivity contribution in [3.63, 3.8) is 0 Å². The van der Waals surface area contributed by atoms with Gasteiger partial charge < -0.3 is 5.73 Å². The van der Waals surface area contributed by atoms with E-state index in [1.54, 1.807) is 16.0 Å². The topological polar surface area (TPSA) is 78.0 Å². The zero-order valence-corrected chi connectivity index (χ0v) is 15.3. The molecule has 3 rings (SSSR count). The van der Waals surface area contributed by atoms with Crippen molar-refractivity contribution in [1.29, 1.82) is 0 Å². The van der Waals surface area contributed by atoms with E-state index in [4.69, 9.17) is 5.73 Å². The van der Waals surface area contributed by atoms with Crippen molar-refractivity contribution in [2.75, 3.05) is 17.2 Å². The monoisotopic (exact) mass is 437 g/mol. The minimum Gasteiger partial charge on any atom is -0.384 e. The normalized spacial score (nSPS) is 21.0. The molecule has 0 bridgehead atoms. The van der Waals surface area contributed by atoms with Gasteiger partial charge in [-0.25, -0.2) is 13.1 Å². The summed E-state index contributed by atoms with van der Waals surface area (Å²) in [5, 5.41) is 6.71. The van der Waals surface area contributed by atoms with Crippen molar-refractivity contribution >= 4 is 49.6 Å². The number of nitrogens with two attached hydrogens (primary N) is 1. The van der Waals surface area contributed by atoms with Crippen molar-refractivity contribution in [3.8, 4) is 11.3 Å². The highest BCUT2D eigenvalue weighted by Gasteiger charge is 2.32. The summed E-state index contributed by atoms with van der Waals surface area (Å²) in [4.78, 5) is 0. The highest BCUT2D eigenvalue weighted by molar-refractivity contribution is 14.1. The van der Waals surface area contributed by atoms with Gasteiger partial charge in [0, 0.05) is 16.5 Å². The third-order valence-electron chi connectivity index (χ3n) is 3.80. The number of halogens is 1. The highest BCUT2D eigenvalue weighted by Crippen LogP contribution is 2.35. The van der Waals surface area contributed by atoms with Gasteiger partial charge in [-0.2, -0.15) is 5.10 Å². The van der Waals surface area contributed by atoms with Gasteiger partial charge in [-0.1, -0.05) is 6.92 Å². The molecule has 1 unspecified atom stereocenters. The molecule has 2 aromatic heterocycles. The van der Waals surface area contributed by atoms with Crippen LogP contribution in [0.2, 0.25) is 0 Å². The summed E-state index contributed by atoms with van der Waals surface area (Å²) < 4.78 is 26.3. The fourth-order valence-corrected chi connectivity index (χ4v) is 5.77. The molecule has 0 aromatic carbocycles. The van der Waals surface area contributed by atoms with Gasteiger partial charge in [-0.15, -0.1) is 11.3 Å². The van der Waals surface area contributed by atoms with Gasteiger partial charge in [0.2, 0.25) is 0 Å². The Bertz CT molecular complexity index is 779. The maximum Gasteiger partial charge on any atom is 0.152 e. The Hall–Kier alpha value is -0.610. The zero-order valence-electron chi connectivity index (χ0n) is 11.5. The van der Waals surface area contributed by atoms with Crippen LogP contribution in [0.1, 0.15) is 24.9 Å². The Morgan fingerprint density at radius 1 is 1.57 bits per heavy atom. The maximum atomic E-state index is 11.7. The van der Waals surface area contributed by atoms with E-state index >= 15 is 0 Å². The first-order chi connectivity index (χ1) is 9.91. The molecule has 0 radical (unpaired) electrons. The van der Waals surface area contributed by atoms with Crippen molar-refractivity contribution in [2.45, 2.75) is 25.8 Å². The van der Waals surface area contributed by atoms with E-state index in [-0.39, 0.29) is 17.5 Å². The average Bonchev–Trinajstić information content (AvgIpc) is 3.07. The Morgan fingerprint density at radius 2 is 2.33 bits per heavy atom. The summed E-state index contributed by atoms with van der Waals surface area (Å²) in [7, 11) is -2.95. The van der Waals surface area contributed by atoms with Gasteiger partial charge in [0.15, 0.2) is 9.84 Å². The Labute approximate surface area is 141 Å². The number of nitrogens with zero attached hydrogens (tertiary/aromatic N) is 2. The molecule has 1 atom stereocenters. The summed E-state index contributed by atoms with van der Waals surface area (Å²) >= 11 is 3.95. The van der Waals surface area contributed by atoms with Crippen LogP contribution in [0.4, 0.5) is 5.82 Å². The third-order valence-corrected chi connectivity index (χ3v) is 7.34. The molecular weight excluding hydrogens is 421 g/mol. The second-order valence-corrected chi connectivity index (χ2v) is 10.2. The van der Waals surface area contributed by atoms with Crippen LogP contribution in [0.25, 0.3) is 11.3 Å². The van der Waals surface area contributed by atoms with Crippen LogP contribution in [0.15, 0.2) is 11.4 Å². The predicted molar refractivity (Wildman–Crippen MR) is 94.4 cm³/mol. The number of thiophene rings is 1. The van der Waals surface area contributed by atoms with Crippen molar-refractivity contribution in [3.05, 3.63) is 19.9 Å². The van der Waals surface area contributed by atoms with E-state index < -0.39 is 9.84 Å². The highest BCUT2D eigenvalue weighted by atomic mass is 127. The minimum atomic E-state index is -2.95. The standard InChI is InChI=1S/C13H16IN3O2S2/c1-2-10-12(8-5-11(14)20-6-8)16-17(13(10)15)9-3-4-21(18,19)7-9/h5-6,9H,2-4,7,15H2,1H3. The number of nitrogen functional groups attached to an aromatic ring is 1. The van der Waals surface area contributed by atoms with Crippen molar-refractivity contribution in [2.24, 2.45) is 0 Å². The average molecular weight is 437 g/mol. The second-order valence-electron chi connectivity index (χ2n) is 5.21. The molecule has 3 heterocycles. The third kappa shape index (κ3) is 2.85. The molecule has 0 saturated carbocycles. The predicted octanol–water partition coefficient (Wildman–Crippen LogP) is 2.72. The fraction of sp³-hybridized carbons (Fsp3) is 0.462. The van der Waals surface area contributed by atoms with E-state index in [1.165, 1.54) is 2.88 Å². The van der Waals surface area contributed by atoms with E-state index in [2.05, 4.69) is 39.1 Å². The van der Waals surface area contributed by atoms with Crippen LogP contribution in [0, 0.1) is 2.88 Å². The number of anilines is 1. The molecule has 8 heteroatoms. The summed E-state index contributed by atoms with van der Waals surface area (Å²) in [6.45, 7) is 2.05. The molecule has 5 nitrogen and oxygen atoms in total. The summed E-state index contributed by atoms with van der Waals surface area (Å²) in [6.07, 6.45) is 1.38. The van der Waals surface area contributed by atoms with E-state index in [0.717, 1.165) is 23.2 Å². The van der Waals surface area contributed by atoms with Crippen LogP contribution in [0.5, 0.6) is 0 Å². The zero-order chi connectivity index (χ0) is 15.2. The van der Waals surface area contributed by atoms with Crippen LogP contribution in [-0.4, -0.2) is 29.7 Å². The van der Waals surface area contributed by atoms with Crippen LogP contribution in [-0.2, 0) is 16.3 Å². The molecule has 2 N–H and O–H groups in total. The molecule has 0 amide bonds. The summed E-state index contributed by atoms with van der Waals surface area (Å²) in [5.74, 6) is 0.975. The van der Waals surface area contributed by atoms with Gasteiger partial charge in [0.1, 0.15) is 5.82 Å². The van der Waals surface area contributed by atoms with Gasteiger partial charge in [0.05, 0.1) is 26.1 Å². The first kappa shape index (κ1) is 15.3. The van der Waals surface area contributed by atoms with Crippen LogP contribution in [0.3, 0.4) is 0 Å². The Kier molecular flexibility index (Phi) is 4.04. The minimum absolute atomic E-state index is 0.133. The first-order valence-electron chi connectivity index (χ1n) is 6.73. The smallest absolute Gasteiger partial charge is 0.152 e. The molecule has 2 aromatic rings. The summed E-state index contributed by atoms with van der Waals surface area (Å²) in [6, 6.07) is 1.95. The van der Waals surface area contributed by atoms with Gasteiger partial charge >= 0.3 is 0 Å². The molecule has 0 aliphatic carbocycles. The molecule has 1 aliphatic heterocycles. The maximum absolute atomic E-state index is 11.7. The molecule has 114 valence electrons. The lowest BCUT2D eigenvalue weighted by Gasteiger charge is -2.10. The number of sulfone groups is 1. The lowest BCUT2D eigenvalue weighted by Crippen LogP contribution is -2.15. The molecular formula is C13H16IN3O2S2. The first-order valence-corrected chi connectivity index (χ1v) is 10.5. The Balaban J connectivity index is 2.06. The van der Waals surface area contributed by atoms with Gasteiger partial charge in [-0.3, -0.25) is 0 Å². The largest absolute Gasteiger partial charge is 0.384 e. The van der Waals surface area contributed by atoms with E-state index in [1.807, 2.05) is 6.92 Å². The molecule has 21 heavy (non-hydrogen) atoms. The van der Waals surface area contributed by atoms with Gasteiger partial charge in [0.25, 0.3) is 0 Å². The molecule has 1 aliphatic rings. The molecule has 1 fully saturated rings. The fourth-order valence-electron chi connectivity index (χ4n) is 2.74. The number of hydrogen-bond acceptors (Lipinski definition) is 5. The number of aromatic nitrogens is 2. The number of rotatable bonds is 3. The number of hydrogen-bond donors (Lipinski definition) is 1. The van der Waals surface area contributed by atoms with E-state index in [9.17, 15) is 8.42 Å². The van der Waals surface area contributed by atoms with Crippen LogP contribution < -0.4 is 5.73 Å². The molecule has 0 spiro atoms. The SMILES string of the molecule is CCc1c(-c2csc(I)c2)nn(C2CCS(=O)(=O)C2)c1N. The lowest BCUT2D eigenvalue weighted by atomic mass is 10.1.